The van der Waals surface area contributed by atoms with Crippen molar-refractivity contribution in [3.63, 3.8) is 0 Å². The molecule has 0 unspecified atom stereocenters. The van der Waals surface area contributed by atoms with Gasteiger partial charge < -0.3 is 14.8 Å². The largest absolute Gasteiger partial charge is 0.482 e. The van der Waals surface area contributed by atoms with Crippen molar-refractivity contribution in [1.29, 1.82) is 0 Å². The molecule has 1 heterocycles. The molecule has 2 amide bonds. The molecule has 1 N–H and O–H groups in total. The summed E-state index contributed by atoms with van der Waals surface area (Å²) in [6.45, 7) is 2.73. The van der Waals surface area contributed by atoms with Crippen molar-refractivity contribution in [3.05, 3.63) is 28.3 Å². The normalized spacial score (nSPS) is 14.2. The molecule has 10 heteroatoms. The SMILES string of the molecule is CCNC(=O)[C@@H](C)OC(=O)CN1C(=O)COc2ccc([N+](=O)[O-])cc21. The van der Waals surface area contributed by atoms with Gasteiger partial charge in [0, 0.05) is 18.7 Å². The molecule has 1 aromatic carbocycles. The van der Waals surface area contributed by atoms with Gasteiger partial charge in [0.05, 0.1) is 10.6 Å². The molecule has 1 aliphatic heterocycles. The van der Waals surface area contributed by atoms with Crippen LogP contribution in [0, 0.1) is 10.1 Å². The Kier molecular flexibility index (Phi) is 5.52. The number of rotatable bonds is 6. The van der Waals surface area contributed by atoms with E-state index in [4.69, 9.17) is 9.47 Å². The monoisotopic (exact) mass is 351 g/mol. The molecule has 1 aromatic rings. The van der Waals surface area contributed by atoms with Gasteiger partial charge in [-0.05, 0) is 19.9 Å². The molecule has 2 rings (SSSR count). The summed E-state index contributed by atoms with van der Waals surface area (Å²) in [6, 6.07) is 3.74. The maximum Gasteiger partial charge on any atom is 0.326 e. The van der Waals surface area contributed by atoms with Gasteiger partial charge in [-0.3, -0.25) is 29.4 Å². The molecule has 0 bridgehead atoms. The third-order valence-corrected chi connectivity index (χ3v) is 3.41. The summed E-state index contributed by atoms with van der Waals surface area (Å²) in [5.41, 5.74) is -0.140. The van der Waals surface area contributed by atoms with Crippen LogP contribution >= 0.6 is 0 Å². The number of benzene rings is 1. The highest BCUT2D eigenvalue weighted by molar-refractivity contribution is 6.01. The Morgan fingerprint density at radius 3 is 2.84 bits per heavy atom. The van der Waals surface area contributed by atoms with Crippen molar-refractivity contribution in [3.8, 4) is 5.75 Å². The Morgan fingerprint density at radius 2 is 2.20 bits per heavy atom. The Bertz CT molecular complexity index is 719. The van der Waals surface area contributed by atoms with Crippen molar-refractivity contribution in [1.82, 2.24) is 5.32 Å². The van der Waals surface area contributed by atoms with Crippen LogP contribution in [-0.2, 0) is 19.1 Å². The average molecular weight is 351 g/mol. The van der Waals surface area contributed by atoms with E-state index in [9.17, 15) is 24.5 Å². The van der Waals surface area contributed by atoms with Crippen LogP contribution in [0.2, 0.25) is 0 Å². The predicted octanol–water partition coefficient (Wildman–Crippen LogP) is 0.388. The number of nitro benzene ring substituents is 1. The molecule has 0 saturated carbocycles. The third kappa shape index (κ3) is 4.22. The first kappa shape index (κ1) is 18.2. The Balaban J connectivity index is 2.15. The second-order valence-electron chi connectivity index (χ2n) is 5.20. The fourth-order valence-corrected chi connectivity index (χ4v) is 2.21. The summed E-state index contributed by atoms with van der Waals surface area (Å²) in [4.78, 5) is 47.0. The minimum atomic E-state index is -1.02. The molecule has 0 fully saturated rings. The van der Waals surface area contributed by atoms with Gasteiger partial charge in [-0.2, -0.15) is 0 Å². The molecule has 134 valence electrons. The number of non-ortho nitro benzene ring substituents is 1. The molecule has 0 saturated heterocycles. The molecule has 0 aliphatic carbocycles. The number of nitrogens with zero attached hydrogens (tertiary/aromatic N) is 2. The number of carbonyl (C=O) groups excluding carboxylic acids is 3. The summed E-state index contributed by atoms with van der Waals surface area (Å²) in [5, 5.41) is 13.4. The van der Waals surface area contributed by atoms with Crippen LogP contribution < -0.4 is 15.0 Å². The van der Waals surface area contributed by atoms with Gasteiger partial charge in [-0.15, -0.1) is 0 Å². The number of carbonyl (C=O) groups is 3. The van der Waals surface area contributed by atoms with Gasteiger partial charge in [0.25, 0.3) is 17.5 Å². The zero-order valence-electron chi connectivity index (χ0n) is 13.7. The highest BCUT2D eigenvalue weighted by Gasteiger charge is 2.30. The number of likely N-dealkylation sites (N-methyl/N-ethyl adjacent to an activating group) is 1. The van der Waals surface area contributed by atoms with Gasteiger partial charge in [-0.25, -0.2) is 0 Å². The molecule has 0 aromatic heterocycles. The highest BCUT2D eigenvalue weighted by atomic mass is 16.6. The maximum atomic E-state index is 12.0. The number of esters is 1. The van der Waals surface area contributed by atoms with Gasteiger partial charge >= 0.3 is 5.97 Å². The second-order valence-corrected chi connectivity index (χ2v) is 5.20. The van der Waals surface area contributed by atoms with E-state index in [0.717, 1.165) is 11.0 Å². The number of hydrogen-bond donors (Lipinski definition) is 1. The zero-order chi connectivity index (χ0) is 18.6. The van der Waals surface area contributed by atoms with E-state index in [0.29, 0.717) is 6.54 Å². The summed E-state index contributed by atoms with van der Waals surface area (Å²) in [5.74, 6) is -1.57. The predicted molar refractivity (Wildman–Crippen MR) is 85.2 cm³/mol. The fraction of sp³-hybridized carbons (Fsp3) is 0.400. The van der Waals surface area contributed by atoms with E-state index in [1.807, 2.05) is 0 Å². The Hall–Kier alpha value is -3.17. The van der Waals surface area contributed by atoms with E-state index in [-0.39, 0.29) is 23.7 Å². The standard InChI is InChI=1S/C15H17N3O7/c1-3-16-15(21)9(2)25-14(20)7-17-11-6-10(18(22)23)4-5-12(11)24-8-13(17)19/h4-6,9H,3,7-8H2,1-2H3,(H,16,21)/t9-/m1/s1. The van der Waals surface area contributed by atoms with Crippen LogP contribution in [0.4, 0.5) is 11.4 Å². The summed E-state index contributed by atoms with van der Waals surface area (Å²) >= 11 is 0. The lowest BCUT2D eigenvalue weighted by molar-refractivity contribution is -0.384. The van der Waals surface area contributed by atoms with Gasteiger partial charge in [-0.1, -0.05) is 0 Å². The van der Waals surface area contributed by atoms with Crippen molar-refractivity contribution in [2.45, 2.75) is 20.0 Å². The smallest absolute Gasteiger partial charge is 0.326 e. The number of ether oxygens (including phenoxy) is 2. The minimum Gasteiger partial charge on any atom is -0.482 e. The summed E-state index contributed by atoms with van der Waals surface area (Å²) in [7, 11) is 0. The van der Waals surface area contributed by atoms with Gasteiger partial charge in [0.1, 0.15) is 12.3 Å². The Morgan fingerprint density at radius 1 is 1.48 bits per heavy atom. The number of fused-ring (bicyclic) bond motifs is 1. The molecule has 1 atom stereocenters. The van der Waals surface area contributed by atoms with E-state index in [2.05, 4.69) is 5.32 Å². The number of hydrogen-bond acceptors (Lipinski definition) is 7. The van der Waals surface area contributed by atoms with Crippen LogP contribution in [0.15, 0.2) is 18.2 Å². The fourth-order valence-electron chi connectivity index (χ4n) is 2.21. The van der Waals surface area contributed by atoms with E-state index < -0.39 is 35.4 Å². The van der Waals surface area contributed by atoms with Crippen molar-refractivity contribution in [2.75, 3.05) is 24.6 Å². The molecule has 25 heavy (non-hydrogen) atoms. The molecule has 0 radical (unpaired) electrons. The third-order valence-electron chi connectivity index (χ3n) is 3.41. The minimum absolute atomic E-state index is 0.105. The first-order valence-electron chi connectivity index (χ1n) is 7.52. The van der Waals surface area contributed by atoms with Crippen LogP contribution in [0.3, 0.4) is 0 Å². The Labute approximate surface area is 142 Å². The van der Waals surface area contributed by atoms with Crippen molar-refractivity contribution < 1.29 is 28.8 Å². The van der Waals surface area contributed by atoms with Gasteiger partial charge in [0.15, 0.2) is 12.7 Å². The quantitative estimate of drug-likeness (QED) is 0.446. The highest BCUT2D eigenvalue weighted by Crippen LogP contribution is 2.35. The number of amides is 2. The summed E-state index contributed by atoms with van der Waals surface area (Å²) < 4.78 is 10.2. The van der Waals surface area contributed by atoms with Crippen LogP contribution in [-0.4, -0.2) is 48.5 Å². The topological polar surface area (TPSA) is 128 Å². The van der Waals surface area contributed by atoms with Crippen LogP contribution in [0.5, 0.6) is 5.75 Å². The first-order chi connectivity index (χ1) is 11.8. The van der Waals surface area contributed by atoms with Crippen molar-refractivity contribution in [2.24, 2.45) is 0 Å². The van der Waals surface area contributed by atoms with Gasteiger partial charge in [0.2, 0.25) is 0 Å². The molecule has 0 spiro atoms. The second kappa shape index (κ2) is 7.60. The van der Waals surface area contributed by atoms with Crippen molar-refractivity contribution >= 4 is 29.2 Å². The number of nitro groups is 1. The maximum absolute atomic E-state index is 12.0. The first-order valence-corrected chi connectivity index (χ1v) is 7.52. The number of nitrogens with one attached hydrogen (secondary N) is 1. The van der Waals surface area contributed by atoms with Crippen LogP contribution in [0.25, 0.3) is 0 Å². The van der Waals surface area contributed by atoms with E-state index in [1.165, 1.54) is 19.1 Å². The molecule has 10 nitrogen and oxygen atoms in total. The lowest BCUT2D eigenvalue weighted by atomic mass is 10.2. The molecule has 1 aliphatic rings. The van der Waals surface area contributed by atoms with E-state index in [1.54, 1.807) is 6.92 Å². The zero-order valence-corrected chi connectivity index (χ0v) is 13.7. The lowest BCUT2D eigenvalue weighted by Gasteiger charge is -2.28. The van der Waals surface area contributed by atoms with E-state index >= 15 is 0 Å². The molecular weight excluding hydrogens is 334 g/mol. The molecular formula is C15H17N3O7. The summed E-state index contributed by atoms with van der Waals surface area (Å²) in [6.07, 6.45) is -1.02. The van der Waals surface area contributed by atoms with Crippen LogP contribution in [0.1, 0.15) is 13.8 Å². The lowest BCUT2D eigenvalue weighted by Crippen LogP contribution is -2.44. The number of anilines is 1. The average Bonchev–Trinajstić information content (AvgIpc) is 2.57.